The highest BCUT2D eigenvalue weighted by atomic mass is 19.1. The van der Waals surface area contributed by atoms with Gasteiger partial charge in [0, 0.05) is 6.07 Å². The lowest BCUT2D eigenvalue weighted by atomic mass is 10.1. The number of rotatable bonds is 5. The first-order chi connectivity index (χ1) is 7.71. The van der Waals surface area contributed by atoms with E-state index >= 15 is 0 Å². The summed E-state index contributed by atoms with van der Waals surface area (Å²) in [6, 6.07) is 6.11. The summed E-state index contributed by atoms with van der Waals surface area (Å²) in [5, 5.41) is 8.57. The fourth-order valence-electron chi connectivity index (χ4n) is 1.41. The van der Waals surface area contributed by atoms with Gasteiger partial charge in [0.1, 0.15) is 17.6 Å². The van der Waals surface area contributed by atoms with Crippen molar-refractivity contribution in [2.75, 3.05) is 6.61 Å². The van der Waals surface area contributed by atoms with E-state index in [0.717, 1.165) is 12.8 Å². The lowest BCUT2D eigenvalue weighted by Gasteiger charge is -2.13. The summed E-state index contributed by atoms with van der Waals surface area (Å²) in [6.45, 7) is 4.81. The maximum absolute atomic E-state index is 13.2. The van der Waals surface area contributed by atoms with E-state index < -0.39 is 5.82 Å². The number of halogens is 1. The lowest BCUT2D eigenvalue weighted by Crippen LogP contribution is -2.10. The number of benzene rings is 1. The molecule has 0 unspecified atom stereocenters. The third-order valence-electron chi connectivity index (χ3n) is 2.70. The molecule has 0 aromatic heterocycles. The summed E-state index contributed by atoms with van der Waals surface area (Å²) < 4.78 is 18.7. The molecule has 0 N–H and O–H groups in total. The van der Waals surface area contributed by atoms with Gasteiger partial charge in [0.05, 0.1) is 12.2 Å². The second kappa shape index (κ2) is 6.12. The van der Waals surface area contributed by atoms with Gasteiger partial charge in [-0.05, 0) is 18.1 Å². The highest BCUT2D eigenvalue weighted by molar-refractivity contribution is 5.36. The molecular weight excluding hydrogens is 205 g/mol. The fraction of sp³-hybridized carbons (Fsp3) is 0.462. The van der Waals surface area contributed by atoms with E-state index in [9.17, 15) is 4.39 Å². The Labute approximate surface area is 95.7 Å². The minimum atomic E-state index is -0.524. The van der Waals surface area contributed by atoms with Crippen molar-refractivity contribution in [2.45, 2.75) is 26.7 Å². The Hall–Kier alpha value is -1.56. The summed E-state index contributed by atoms with van der Waals surface area (Å²) in [7, 11) is 0. The van der Waals surface area contributed by atoms with Gasteiger partial charge < -0.3 is 4.74 Å². The van der Waals surface area contributed by atoms with Crippen molar-refractivity contribution in [3.8, 4) is 11.8 Å². The smallest absolute Gasteiger partial charge is 0.144 e. The van der Waals surface area contributed by atoms with Crippen LogP contribution < -0.4 is 4.74 Å². The van der Waals surface area contributed by atoms with Crippen LogP contribution in [-0.4, -0.2) is 6.61 Å². The van der Waals surface area contributed by atoms with Gasteiger partial charge in [0.15, 0.2) is 0 Å². The van der Waals surface area contributed by atoms with E-state index in [1.54, 1.807) is 12.1 Å². The molecule has 2 nitrogen and oxygen atoms in total. The molecule has 0 aliphatic rings. The van der Waals surface area contributed by atoms with Gasteiger partial charge in [-0.1, -0.05) is 26.7 Å². The van der Waals surface area contributed by atoms with Crippen molar-refractivity contribution in [2.24, 2.45) is 5.92 Å². The number of ether oxygens (including phenoxy) is 1. The van der Waals surface area contributed by atoms with Gasteiger partial charge in [-0.25, -0.2) is 4.39 Å². The molecule has 1 rings (SSSR count). The summed E-state index contributed by atoms with van der Waals surface area (Å²) in [4.78, 5) is 0. The number of nitriles is 1. The van der Waals surface area contributed by atoms with Gasteiger partial charge in [0.25, 0.3) is 0 Å². The predicted molar refractivity (Wildman–Crippen MR) is 60.7 cm³/mol. The molecule has 0 heterocycles. The molecule has 0 amide bonds. The molecule has 0 radical (unpaired) electrons. The van der Waals surface area contributed by atoms with Crippen LogP contribution in [0.2, 0.25) is 0 Å². The molecule has 0 saturated heterocycles. The number of hydrogen-bond donors (Lipinski definition) is 0. The van der Waals surface area contributed by atoms with E-state index in [2.05, 4.69) is 13.8 Å². The average molecular weight is 221 g/mol. The van der Waals surface area contributed by atoms with Crippen molar-refractivity contribution in [3.05, 3.63) is 29.6 Å². The molecule has 0 bridgehead atoms. The Morgan fingerprint density at radius 2 is 2.06 bits per heavy atom. The standard InChI is InChI=1S/C13H16FNO/c1-3-10(4-2)9-16-12-6-5-11(8-15)13(14)7-12/h5-7,10H,3-4,9H2,1-2H3. The van der Waals surface area contributed by atoms with Gasteiger partial charge in [0.2, 0.25) is 0 Å². The highest BCUT2D eigenvalue weighted by Gasteiger charge is 2.06. The molecular formula is C13H16FNO. The van der Waals surface area contributed by atoms with Crippen LogP contribution in [0.3, 0.4) is 0 Å². The van der Waals surface area contributed by atoms with Crippen molar-refractivity contribution < 1.29 is 9.13 Å². The molecule has 0 spiro atoms. The zero-order valence-corrected chi connectivity index (χ0v) is 9.66. The third kappa shape index (κ3) is 3.23. The van der Waals surface area contributed by atoms with Crippen molar-refractivity contribution in [1.29, 1.82) is 5.26 Å². The van der Waals surface area contributed by atoms with E-state index in [0.29, 0.717) is 18.3 Å². The Kier molecular flexibility index (Phi) is 4.78. The summed E-state index contributed by atoms with van der Waals surface area (Å²) in [5.74, 6) is 0.464. The molecule has 0 saturated carbocycles. The predicted octanol–water partition coefficient (Wildman–Crippen LogP) is 3.51. The second-order valence-corrected chi connectivity index (χ2v) is 3.75. The zero-order chi connectivity index (χ0) is 12.0. The van der Waals surface area contributed by atoms with Crippen molar-refractivity contribution in [1.82, 2.24) is 0 Å². The normalized spacial score (nSPS) is 10.2. The molecule has 0 aliphatic carbocycles. The molecule has 3 heteroatoms. The number of hydrogen-bond acceptors (Lipinski definition) is 2. The van der Waals surface area contributed by atoms with E-state index in [4.69, 9.17) is 10.00 Å². The largest absolute Gasteiger partial charge is 0.493 e. The summed E-state index contributed by atoms with van der Waals surface area (Å²) >= 11 is 0. The van der Waals surface area contributed by atoms with Gasteiger partial charge in [-0.3, -0.25) is 0 Å². The molecule has 0 fully saturated rings. The topological polar surface area (TPSA) is 33.0 Å². The first-order valence-electron chi connectivity index (χ1n) is 5.53. The quantitative estimate of drug-likeness (QED) is 0.762. The van der Waals surface area contributed by atoms with Crippen LogP contribution in [-0.2, 0) is 0 Å². The van der Waals surface area contributed by atoms with Crippen LogP contribution in [0.1, 0.15) is 32.3 Å². The Bertz CT molecular complexity index is 380. The van der Waals surface area contributed by atoms with Crippen molar-refractivity contribution >= 4 is 0 Å². The Balaban J connectivity index is 2.62. The van der Waals surface area contributed by atoms with Gasteiger partial charge >= 0.3 is 0 Å². The zero-order valence-electron chi connectivity index (χ0n) is 9.66. The molecule has 0 aliphatic heterocycles. The van der Waals surface area contributed by atoms with Crippen LogP contribution in [0.5, 0.6) is 5.75 Å². The molecule has 86 valence electrons. The monoisotopic (exact) mass is 221 g/mol. The number of nitrogens with zero attached hydrogens (tertiary/aromatic N) is 1. The fourth-order valence-corrected chi connectivity index (χ4v) is 1.41. The first-order valence-corrected chi connectivity index (χ1v) is 5.53. The van der Waals surface area contributed by atoms with Crippen LogP contribution in [0.4, 0.5) is 4.39 Å². The Morgan fingerprint density at radius 3 is 2.56 bits per heavy atom. The van der Waals surface area contributed by atoms with Gasteiger partial charge in [-0.15, -0.1) is 0 Å². The van der Waals surface area contributed by atoms with Crippen molar-refractivity contribution in [3.63, 3.8) is 0 Å². The molecule has 1 aromatic carbocycles. The van der Waals surface area contributed by atoms with Crippen LogP contribution in [0, 0.1) is 23.1 Å². The van der Waals surface area contributed by atoms with Crippen LogP contribution in [0.25, 0.3) is 0 Å². The average Bonchev–Trinajstić information content (AvgIpc) is 2.30. The highest BCUT2D eigenvalue weighted by Crippen LogP contribution is 2.18. The van der Waals surface area contributed by atoms with E-state index in [-0.39, 0.29) is 5.56 Å². The molecule has 0 atom stereocenters. The molecule has 16 heavy (non-hydrogen) atoms. The minimum Gasteiger partial charge on any atom is -0.493 e. The lowest BCUT2D eigenvalue weighted by molar-refractivity contribution is 0.240. The maximum atomic E-state index is 13.2. The third-order valence-corrected chi connectivity index (χ3v) is 2.70. The summed E-state index contributed by atoms with van der Waals surface area (Å²) in [6.07, 6.45) is 2.10. The second-order valence-electron chi connectivity index (χ2n) is 3.75. The minimum absolute atomic E-state index is 0.0508. The van der Waals surface area contributed by atoms with E-state index in [1.165, 1.54) is 12.1 Å². The Morgan fingerprint density at radius 1 is 1.38 bits per heavy atom. The van der Waals surface area contributed by atoms with Crippen LogP contribution in [0.15, 0.2) is 18.2 Å². The van der Waals surface area contributed by atoms with Gasteiger partial charge in [-0.2, -0.15) is 5.26 Å². The SMILES string of the molecule is CCC(CC)COc1ccc(C#N)c(F)c1. The maximum Gasteiger partial charge on any atom is 0.144 e. The summed E-state index contributed by atoms with van der Waals surface area (Å²) in [5.41, 5.74) is 0.0508. The molecule has 1 aromatic rings. The van der Waals surface area contributed by atoms with Crippen LogP contribution >= 0.6 is 0 Å². The first kappa shape index (κ1) is 12.5. The van der Waals surface area contributed by atoms with E-state index in [1.807, 2.05) is 0 Å².